The lowest BCUT2D eigenvalue weighted by Crippen LogP contribution is -2.55. The second kappa shape index (κ2) is 32.9. The molecule has 0 radical (unpaired) electrons. The fraction of sp³-hybridized carbons (Fsp3) is 0.818. The first-order valence-corrected chi connectivity index (χ1v) is 17.6. The van der Waals surface area contributed by atoms with Gasteiger partial charge in [-0.1, -0.05) is 0 Å². The molecule has 0 N–H and O–H groups in total. The van der Waals surface area contributed by atoms with E-state index < -0.39 is 73.9 Å². The van der Waals surface area contributed by atoms with Crippen LogP contribution >= 0.6 is 0 Å². The molecule has 0 atom stereocenters. The largest absolute Gasteiger partial charge is 0.463 e. The quantitative estimate of drug-likeness (QED) is 0.0408. The predicted octanol–water partition coefficient (Wildman–Crippen LogP) is -1.99. The molecule has 0 bridgehead atoms. The Kier molecular flexibility index (Phi) is 29.5. The lowest BCUT2D eigenvalue weighted by molar-refractivity contribution is -0.146. The highest BCUT2D eigenvalue weighted by atomic mass is 16.6. The zero-order chi connectivity index (χ0) is 39.7. The molecule has 1 aromatic rings. The van der Waals surface area contributed by atoms with Gasteiger partial charge in [0.1, 0.15) is 19.8 Å². The highest BCUT2D eigenvalue weighted by Gasteiger charge is 2.19. The van der Waals surface area contributed by atoms with Gasteiger partial charge in [0.25, 0.3) is 0 Å². The van der Waals surface area contributed by atoms with Crippen LogP contribution in [-0.4, -0.2) is 172 Å². The van der Waals surface area contributed by atoms with E-state index in [0.29, 0.717) is 73.2 Å². The maximum Gasteiger partial charge on any atom is 0.336 e. The fourth-order valence-electron chi connectivity index (χ4n) is 4.12. The van der Waals surface area contributed by atoms with Crippen LogP contribution in [0.1, 0.15) is 19.3 Å². The van der Waals surface area contributed by atoms with Gasteiger partial charge < -0.3 is 56.8 Å². The number of nitrogens with zero attached hydrogens (tertiary/aromatic N) is 3. The molecule has 0 aliphatic rings. The Bertz CT molecular complexity index is 1140. The van der Waals surface area contributed by atoms with Crippen LogP contribution < -0.4 is 17.1 Å². The summed E-state index contributed by atoms with van der Waals surface area (Å²) in [6.45, 7) is 3.12. The van der Waals surface area contributed by atoms with Gasteiger partial charge in [0.05, 0.1) is 118 Å². The number of aromatic nitrogens is 3. The second-order valence-corrected chi connectivity index (χ2v) is 10.9. The molecule has 0 fully saturated rings. The molecule has 0 aliphatic carbocycles. The van der Waals surface area contributed by atoms with Crippen LogP contribution in [0.25, 0.3) is 0 Å². The highest BCUT2D eigenvalue weighted by Crippen LogP contribution is 1.95. The van der Waals surface area contributed by atoms with Crippen molar-refractivity contribution in [3.63, 3.8) is 0 Å². The van der Waals surface area contributed by atoms with Gasteiger partial charge in [0.15, 0.2) is 0 Å². The Hall–Kier alpha value is -3.54. The van der Waals surface area contributed by atoms with E-state index in [2.05, 4.69) is 0 Å². The SMILES string of the molecule is COCCOCCOCCOC(=O)CCn1c(=O)n(CCC(=O)OCCOCCOCCOC)c(=O)n(CCC(=O)OCCOCCOCCOC)c1=O. The average Bonchev–Trinajstić information content (AvgIpc) is 3.15. The van der Waals surface area contributed by atoms with Crippen molar-refractivity contribution in [3.05, 3.63) is 31.5 Å². The lowest BCUT2D eigenvalue weighted by Gasteiger charge is -2.14. The normalized spacial score (nSPS) is 11.2. The van der Waals surface area contributed by atoms with E-state index in [0.717, 1.165) is 0 Å². The van der Waals surface area contributed by atoms with E-state index in [1.54, 1.807) is 21.3 Å². The van der Waals surface area contributed by atoms with E-state index in [1.165, 1.54) is 0 Å². The molecule has 0 saturated heterocycles. The summed E-state index contributed by atoms with van der Waals surface area (Å²) < 4.78 is 63.7. The smallest absolute Gasteiger partial charge is 0.336 e. The molecule has 0 aromatic carbocycles. The maximum absolute atomic E-state index is 13.3. The van der Waals surface area contributed by atoms with Crippen molar-refractivity contribution in [2.24, 2.45) is 0 Å². The fourth-order valence-corrected chi connectivity index (χ4v) is 4.12. The Morgan fingerprint density at radius 2 is 0.556 bits per heavy atom. The van der Waals surface area contributed by atoms with Crippen LogP contribution in [-0.2, 0) is 90.9 Å². The summed E-state index contributed by atoms with van der Waals surface area (Å²) in [7, 11) is 4.68. The molecular weight excluding hydrogens is 726 g/mol. The third-order valence-electron chi connectivity index (χ3n) is 6.89. The summed E-state index contributed by atoms with van der Waals surface area (Å²) in [5.41, 5.74) is -3.16. The molecule has 21 nitrogen and oxygen atoms in total. The van der Waals surface area contributed by atoms with Gasteiger partial charge in [0.2, 0.25) is 0 Å². The number of carbonyl (C=O) groups excluding carboxylic acids is 3. The second-order valence-electron chi connectivity index (χ2n) is 10.9. The number of methoxy groups -OCH3 is 3. The minimum absolute atomic E-state index is 0.0832. The molecule has 0 amide bonds. The van der Waals surface area contributed by atoms with Crippen molar-refractivity contribution < 1.29 is 71.2 Å². The third-order valence-corrected chi connectivity index (χ3v) is 6.89. The monoisotopic (exact) mass is 783 g/mol. The summed E-state index contributed by atoms with van der Waals surface area (Å²) in [5, 5.41) is 0. The number of hydrogen-bond acceptors (Lipinski definition) is 18. The van der Waals surface area contributed by atoms with Crippen LogP contribution in [0.3, 0.4) is 0 Å². The standard InChI is InChI=1S/C33H57N3O18/c1-43-10-13-46-16-19-49-22-25-52-28(37)4-7-34-31(40)35(8-5-29(38)53-26-23-50-20-17-47-14-11-44-2)33(42)36(32(34)41)9-6-30(39)54-27-24-51-21-18-48-15-12-45-3/h4-27H2,1-3H3. The summed E-state index contributed by atoms with van der Waals surface area (Å²) in [6, 6.07) is 0. The Labute approximate surface area is 313 Å². The first-order valence-electron chi connectivity index (χ1n) is 17.6. The van der Waals surface area contributed by atoms with Crippen molar-refractivity contribution in [3.8, 4) is 0 Å². The number of esters is 3. The molecule has 0 unspecified atom stereocenters. The van der Waals surface area contributed by atoms with Gasteiger partial charge in [-0.15, -0.1) is 0 Å². The minimum atomic E-state index is -1.05. The molecule has 0 spiro atoms. The summed E-state index contributed by atoms with van der Waals surface area (Å²) in [6.07, 6.45) is -1.19. The average molecular weight is 784 g/mol. The van der Waals surface area contributed by atoms with Gasteiger partial charge in [-0.3, -0.25) is 14.4 Å². The third kappa shape index (κ3) is 23.3. The number of ether oxygens (including phenoxy) is 12. The molecule has 1 rings (SSSR count). The summed E-state index contributed by atoms with van der Waals surface area (Å²) in [4.78, 5) is 77.0. The summed E-state index contributed by atoms with van der Waals surface area (Å²) >= 11 is 0. The molecule has 0 aliphatic heterocycles. The molecule has 1 heterocycles. The van der Waals surface area contributed by atoms with Crippen LogP contribution in [0.2, 0.25) is 0 Å². The van der Waals surface area contributed by atoms with Crippen LogP contribution in [0, 0.1) is 0 Å². The minimum Gasteiger partial charge on any atom is -0.463 e. The van der Waals surface area contributed by atoms with Crippen molar-refractivity contribution in [1.29, 1.82) is 0 Å². The van der Waals surface area contributed by atoms with Gasteiger partial charge >= 0.3 is 35.0 Å². The van der Waals surface area contributed by atoms with Crippen LogP contribution in [0.5, 0.6) is 0 Å². The molecule has 54 heavy (non-hydrogen) atoms. The summed E-state index contributed by atoms with van der Waals surface area (Å²) in [5.74, 6) is -2.19. The van der Waals surface area contributed by atoms with Crippen molar-refractivity contribution in [2.75, 3.05) is 140 Å². The van der Waals surface area contributed by atoms with Gasteiger partial charge in [0, 0.05) is 41.0 Å². The first kappa shape index (κ1) is 48.5. The Balaban J connectivity index is 2.79. The Morgan fingerprint density at radius 3 is 0.778 bits per heavy atom. The van der Waals surface area contributed by atoms with Gasteiger partial charge in [-0.2, -0.15) is 0 Å². The molecular formula is C33H57N3O18. The zero-order valence-corrected chi connectivity index (χ0v) is 31.7. The number of rotatable bonds is 36. The van der Waals surface area contributed by atoms with Crippen molar-refractivity contribution in [2.45, 2.75) is 38.9 Å². The van der Waals surface area contributed by atoms with E-state index in [9.17, 15) is 28.8 Å². The Morgan fingerprint density at radius 1 is 0.352 bits per heavy atom. The lowest BCUT2D eigenvalue weighted by atomic mass is 10.4. The number of carbonyl (C=O) groups is 3. The van der Waals surface area contributed by atoms with Crippen LogP contribution in [0.15, 0.2) is 14.4 Å². The van der Waals surface area contributed by atoms with E-state index in [-0.39, 0.29) is 59.5 Å². The van der Waals surface area contributed by atoms with E-state index in [1.807, 2.05) is 0 Å². The number of hydrogen-bond donors (Lipinski definition) is 0. The van der Waals surface area contributed by atoms with Gasteiger partial charge in [-0.05, 0) is 0 Å². The van der Waals surface area contributed by atoms with Gasteiger partial charge in [-0.25, -0.2) is 28.1 Å². The van der Waals surface area contributed by atoms with Crippen molar-refractivity contribution in [1.82, 2.24) is 13.7 Å². The maximum atomic E-state index is 13.3. The van der Waals surface area contributed by atoms with Crippen LogP contribution in [0.4, 0.5) is 0 Å². The highest BCUT2D eigenvalue weighted by molar-refractivity contribution is 5.70. The predicted molar refractivity (Wildman–Crippen MR) is 186 cm³/mol. The van der Waals surface area contributed by atoms with E-state index >= 15 is 0 Å². The first-order chi connectivity index (χ1) is 26.3. The topological polar surface area (TPSA) is 228 Å². The molecule has 312 valence electrons. The van der Waals surface area contributed by atoms with E-state index in [4.69, 9.17) is 56.8 Å². The zero-order valence-electron chi connectivity index (χ0n) is 31.7. The molecule has 21 heteroatoms. The molecule has 1 aromatic heterocycles. The van der Waals surface area contributed by atoms with Crippen molar-refractivity contribution >= 4 is 17.9 Å². The molecule has 0 saturated carbocycles.